The summed E-state index contributed by atoms with van der Waals surface area (Å²) in [6.45, 7) is 0.202. The van der Waals surface area contributed by atoms with Gasteiger partial charge in [-0.3, -0.25) is 5.32 Å². The van der Waals surface area contributed by atoms with Crippen LogP contribution in [0.4, 0.5) is 4.79 Å². The summed E-state index contributed by atoms with van der Waals surface area (Å²) in [6.07, 6.45) is 1.86. The van der Waals surface area contributed by atoms with Crippen molar-refractivity contribution in [2.24, 2.45) is 0 Å². The van der Waals surface area contributed by atoms with E-state index in [1.165, 1.54) is 5.56 Å². The van der Waals surface area contributed by atoms with Gasteiger partial charge in [-0.2, -0.15) is 0 Å². The van der Waals surface area contributed by atoms with Crippen LogP contribution in [0.3, 0.4) is 0 Å². The van der Waals surface area contributed by atoms with Gasteiger partial charge in [0.2, 0.25) is 0 Å². The molecule has 0 saturated heterocycles. The molecule has 0 saturated carbocycles. The van der Waals surface area contributed by atoms with Crippen molar-refractivity contribution in [2.75, 3.05) is 0 Å². The molecule has 4 nitrogen and oxygen atoms in total. The van der Waals surface area contributed by atoms with Crippen LogP contribution >= 0.6 is 0 Å². The number of amides is 1. The second-order valence-corrected chi connectivity index (χ2v) is 5.45. The van der Waals surface area contributed by atoms with Gasteiger partial charge >= 0.3 is 6.09 Å². The third-order valence-corrected chi connectivity index (χ3v) is 3.53. The van der Waals surface area contributed by atoms with Gasteiger partial charge in [0.05, 0.1) is 0 Å². The topological polar surface area (TPSA) is 58.6 Å². The monoisotopic (exact) mass is 313 g/mol. The molecule has 0 radical (unpaired) electrons. The van der Waals surface area contributed by atoms with Gasteiger partial charge in [-0.15, -0.1) is 0 Å². The summed E-state index contributed by atoms with van der Waals surface area (Å²) >= 11 is 0. The minimum Gasteiger partial charge on any atom is -0.445 e. The molecule has 2 rings (SSSR count). The van der Waals surface area contributed by atoms with Crippen molar-refractivity contribution >= 4 is 6.09 Å². The van der Waals surface area contributed by atoms with Crippen LogP contribution in [0.25, 0.3) is 0 Å². The lowest BCUT2D eigenvalue weighted by Gasteiger charge is -2.13. The molecule has 2 aromatic rings. The zero-order chi connectivity index (χ0) is 16.3. The van der Waals surface area contributed by atoms with Gasteiger partial charge < -0.3 is 9.84 Å². The Balaban J connectivity index is 1.57. The number of aliphatic hydroxyl groups is 1. The van der Waals surface area contributed by atoms with Crippen LogP contribution in [0.15, 0.2) is 60.7 Å². The standard InChI is InChI=1S/C19H23NO3/c21-18(14-8-7-11-16-9-3-1-4-10-16)20-19(22)23-15-17-12-5-2-6-13-17/h1-6,9-10,12-13,18,21H,7-8,11,14-15H2,(H,20,22). The molecule has 0 aliphatic rings. The fourth-order valence-electron chi connectivity index (χ4n) is 2.28. The first-order valence-corrected chi connectivity index (χ1v) is 7.93. The molecule has 2 N–H and O–H groups in total. The number of aryl methyl sites for hydroxylation is 1. The van der Waals surface area contributed by atoms with E-state index >= 15 is 0 Å². The zero-order valence-corrected chi connectivity index (χ0v) is 13.2. The highest BCUT2D eigenvalue weighted by atomic mass is 16.6. The number of aliphatic hydroxyl groups excluding tert-OH is 1. The van der Waals surface area contributed by atoms with Crippen LogP contribution in [-0.2, 0) is 17.8 Å². The number of rotatable bonds is 8. The largest absolute Gasteiger partial charge is 0.445 e. The van der Waals surface area contributed by atoms with E-state index in [9.17, 15) is 9.90 Å². The van der Waals surface area contributed by atoms with Gasteiger partial charge in [0.25, 0.3) is 0 Å². The number of carbonyl (C=O) groups excluding carboxylic acids is 1. The molecular weight excluding hydrogens is 290 g/mol. The van der Waals surface area contributed by atoms with Crippen molar-refractivity contribution < 1.29 is 14.6 Å². The number of unbranched alkanes of at least 4 members (excludes halogenated alkanes) is 1. The predicted octanol–water partition coefficient (Wildman–Crippen LogP) is 3.64. The van der Waals surface area contributed by atoms with Crippen molar-refractivity contribution in [3.05, 3.63) is 71.8 Å². The van der Waals surface area contributed by atoms with E-state index in [2.05, 4.69) is 17.4 Å². The number of carbonyl (C=O) groups is 1. The number of alkyl carbamates (subject to hydrolysis) is 1. The van der Waals surface area contributed by atoms with Crippen molar-refractivity contribution in [1.29, 1.82) is 0 Å². The lowest BCUT2D eigenvalue weighted by atomic mass is 10.1. The van der Waals surface area contributed by atoms with Crippen LogP contribution in [0.5, 0.6) is 0 Å². The molecule has 122 valence electrons. The van der Waals surface area contributed by atoms with E-state index in [0.717, 1.165) is 24.8 Å². The smallest absolute Gasteiger partial charge is 0.409 e. The maximum atomic E-state index is 11.6. The SMILES string of the molecule is O=C(NC(O)CCCCc1ccccc1)OCc1ccccc1. The summed E-state index contributed by atoms with van der Waals surface area (Å²) in [7, 11) is 0. The van der Waals surface area contributed by atoms with E-state index in [1.54, 1.807) is 0 Å². The Labute approximate surface area is 137 Å². The Hall–Kier alpha value is -2.33. The first-order valence-electron chi connectivity index (χ1n) is 7.93. The molecule has 0 aliphatic heterocycles. The third-order valence-electron chi connectivity index (χ3n) is 3.53. The molecule has 1 unspecified atom stereocenters. The summed E-state index contributed by atoms with van der Waals surface area (Å²) < 4.78 is 5.06. The van der Waals surface area contributed by atoms with Crippen LogP contribution in [0, 0.1) is 0 Å². The predicted molar refractivity (Wildman–Crippen MR) is 89.8 cm³/mol. The normalized spacial score (nSPS) is 11.7. The van der Waals surface area contributed by atoms with Crippen molar-refractivity contribution in [2.45, 2.75) is 38.5 Å². The molecule has 2 aromatic carbocycles. The first-order chi connectivity index (χ1) is 11.2. The second-order valence-electron chi connectivity index (χ2n) is 5.45. The van der Waals surface area contributed by atoms with Gasteiger partial charge in [-0.25, -0.2) is 4.79 Å². The Morgan fingerprint density at radius 2 is 1.57 bits per heavy atom. The molecule has 0 aromatic heterocycles. The first kappa shape index (κ1) is 17.0. The van der Waals surface area contributed by atoms with E-state index < -0.39 is 12.3 Å². The molecule has 0 aliphatic carbocycles. The summed E-state index contributed by atoms with van der Waals surface area (Å²) in [5.41, 5.74) is 2.21. The summed E-state index contributed by atoms with van der Waals surface area (Å²) in [4.78, 5) is 11.6. The summed E-state index contributed by atoms with van der Waals surface area (Å²) in [5.74, 6) is 0. The van der Waals surface area contributed by atoms with Gasteiger partial charge in [-0.05, 0) is 36.8 Å². The number of hydrogen-bond donors (Lipinski definition) is 2. The number of benzene rings is 2. The Morgan fingerprint density at radius 3 is 2.22 bits per heavy atom. The lowest BCUT2D eigenvalue weighted by Crippen LogP contribution is -2.34. The summed E-state index contributed by atoms with van der Waals surface area (Å²) in [6, 6.07) is 19.7. The third kappa shape index (κ3) is 6.98. The maximum absolute atomic E-state index is 11.6. The molecule has 0 bridgehead atoms. The summed E-state index contributed by atoms with van der Waals surface area (Å²) in [5, 5.41) is 12.2. The van der Waals surface area contributed by atoms with Crippen LogP contribution in [0.1, 0.15) is 30.4 Å². The highest BCUT2D eigenvalue weighted by Crippen LogP contribution is 2.07. The van der Waals surface area contributed by atoms with Crippen LogP contribution in [-0.4, -0.2) is 17.4 Å². The van der Waals surface area contributed by atoms with Crippen molar-refractivity contribution in [3.8, 4) is 0 Å². The van der Waals surface area contributed by atoms with E-state index in [4.69, 9.17) is 4.74 Å². The molecule has 0 spiro atoms. The van der Waals surface area contributed by atoms with E-state index in [-0.39, 0.29) is 6.61 Å². The molecule has 4 heteroatoms. The van der Waals surface area contributed by atoms with Crippen LogP contribution in [0.2, 0.25) is 0 Å². The average Bonchev–Trinajstić information content (AvgIpc) is 2.59. The minimum atomic E-state index is -0.867. The van der Waals surface area contributed by atoms with Crippen molar-refractivity contribution in [3.63, 3.8) is 0 Å². The van der Waals surface area contributed by atoms with Crippen molar-refractivity contribution in [1.82, 2.24) is 5.32 Å². The highest BCUT2D eigenvalue weighted by Gasteiger charge is 2.09. The number of hydrogen-bond acceptors (Lipinski definition) is 3. The molecular formula is C19H23NO3. The molecule has 1 atom stereocenters. The van der Waals surface area contributed by atoms with Gasteiger partial charge in [0.1, 0.15) is 12.8 Å². The van der Waals surface area contributed by atoms with E-state index in [0.29, 0.717) is 6.42 Å². The Morgan fingerprint density at radius 1 is 0.957 bits per heavy atom. The van der Waals surface area contributed by atoms with Gasteiger partial charge in [0.15, 0.2) is 0 Å². The number of ether oxygens (including phenoxy) is 1. The molecule has 23 heavy (non-hydrogen) atoms. The number of nitrogens with one attached hydrogen (secondary N) is 1. The fraction of sp³-hybridized carbons (Fsp3) is 0.316. The lowest BCUT2D eigenvalue weighted by molar-refractivity contribution is 0.0891. The van der Waals surface area contributed by atoms with Gasteiger partial charge in [-0.1, -0.05) is 60.7 Å². The fourth-order valence-corrected chi connectivity index (χ4v) is 2.28. The second kappa shape index (κ2) is 9.64. The molecule has 0 heterocycles. The van der Waals surface area contributed by atoms with Crippen LogP contribution < -0.4 is 5.32 Å². The molecule has 0 fully saturated rings. The highest BCUT2D eigenvalue weighted by molar-refractivity contribution is 5.67. The average molecular weight is 313 g/mol. The maximum Gasteiger partial charge on any atom is 0.409 e. The minimum absolute atomic E-state index is 0.202. The van der Waals surface area contributed by atoms with E-state index in [1.807, 2.05) is 48.5 Å². The quantitative estimate of drug-likeness (QED) is 0.578. The van der Waals surface area contributed by atoms with Gasteiger partial charge in [0, 0.05) is 0 Å². The Kier molecular flexibility index (Phi) is 7.14. The zero-order valence-electron chi connectivity index (χ0n) is 13.2. The molecule has 1 amide bonds. The Bertz CT molecular complexity index is 572.